The molecule has 0 amide bonds. The Bertz CT molecular complexity index is 259. The number of aliphatic hydroxyl groups is 1. The van der Waals surface area contributed by atoms with Crippen molar-refractivity contribution in [2.24, 2.45) is 11.7 Å². The van der Waals surface area contributed by atoms with Gasteiger partial charge in [0.15, 0.2) is 5.79 Å². The lowest BCUT2D eigenvalue weighted by Gasteiger charge is -2.30. The molecule has 3 N–H and O–H groups in total. The lowest BCUT2D eigenvalue weighted by atomic mass is 9.87. The van der Waals surface area contributed by atoms with Gasteiger partial charge in [-0.3, -0.25) is 0 Å². The van der Waals surface area contributed by atoms with Crippen molar-refractivity contribution in [2.45, 2.75) is 63.8 Å². The monoisotopic (exact) mass is 215 g/mol. The Kier molecular flexibility index (Phi) is 2.39. The van der Waals surface area contributed by atoms with E-state index >= 15 is 0 Å². The molecule has 4 nitrogen and oxygen atoms in total. The smallest absolute Gasteiger partial charge is 0.163 e. The molecule has 88 valence electrons. The van der Waals surface area contributed by atoms with Gasteiger partial charge in [0.25, 0.3) is 0 Å². The molecule has 1 aliphatic carbocycles. The second-order valence-electron chi connectivity index (χ2n) is 5.72. The van der Waals surface area contributed by atoms with E-state index in [-0.39, 0.29) is 24.2 Å². The number of rotatable bonds is 1. The van der Waals surface area contributed by atoms with Gasteiger partial charge in [-0.05, 0) is 34.1 Å². The third kappa shape index (κ3) is 1.91. The van der Waals surface area contributed by atoms with Crippen LogP contribution in [-0.2, 0) is 9.47 Å². The van der Waals surface area contributed by atoms with Crippen LogP contribution in [0.4, 0.5) is 0 Å². The summed E-state index contributed by atoms with van der Waals surface area (Å²) in [6.45, 7) is 7.39. The minimum atomic E-state index is -0.763. The van der Waals surface area contributed by atoms with Crippen LogP contribution in [0.5, 0.6) is 0 Å². The lowest BCUT2D eigenvalue weighted by Crippen LogP contribution is -2.39. The maximum atomic E-state index is 10.1. The Labute approximate surface area is 90.7 Å². The summed E-state index contributed by atoms with van der Waals surface area (Å²) in [4.78, 5) is 0. The summed E-state index contributed by atoms with van der Waals surface area (Å²) in [6.07, 6.45) is 0.612. The van der Waals surface area contributed by atoms with Crippen molar-refractivity contribution in [1.29, 1.82) is 0 Å². The van der Waals surface area contributed by atoms with Gasteiger partial charge in [-0.2, -0.15) is 0 Å². The zero-order chi connectivity index (χ0) is 11.4. The topological polar surface area (TPSA) is 64.7 Å². The summed E-state index contributed by atoms with van der Waals surface area (Å²) in [5.74, 6) is -0.518. The third-order valence-electron chi connectivity index (χ3n) is 3.42. The fourth-order valence-electron chi connectivity index (χ4n) is 2.71. The second-order valence-corrected chi connectivity index (χ2v) is 5.72. The number of hydrogen-bond acceptors (Lipinski definition) is 4. The molecule has 1 unspecified atom stereocenters. The Balaban J connectivity index is 2.20. The molecule has 4 heteroatoms. The zero-order valence-electron chi connectivity index (χ0n) is 9.86. The van der Waals surface area contributed by atoms with E-state index in [9.17, 15) is 5.11 Å². The van der Waals surface area contributed by atoms with E-state index < -0.39 is 11.4 Å². The van der Waals surface area contributed by atoms with Crippen LogP contribution in [0.25, 0.3) is 0 Å². The van der Waals surface area contributed by atoms with E-state index in [0.717, 1.165) is 6.42 Å². The van der Waals surface area contributed by atoms with Crippen LogP contribution in [0.2, 0.25) is 0 Å². The number of nitrogens with two attached hydrogens (primary N) is 1. The minimum Gasteiger partial charge on any atom is -0.390 e. The van der Waals surface area contributed by atoms with E-state index in [2.05, 4.69) is 0 Å². The van der Waals surface area contributed by atoms with Crippen molar-refractivity contribution < 1.29 is 14.6 Å². The summed E-state index contributed by atoms with van der Waals surface area (Å²) >= 11 is 0. The first-order valence-corrected chi connectivity index (χ1v) is 5.54. The van der Waals surface area contributed by atoms with Crippen LogP contribution in [0, 0.1) is 5.92 Å². The molecule has 2 rings (SSSR count). The molecule has 0 aromatic carbocycles. The molecule has 0 spiro atoms. The van der Waals surface area contributed by atoms with E-state index in [0.29, 0.717) is 0 Å². The van der Waals surface area contributed by atoms with Crippen LogP contribution in [0.3, 0.4) is 0 Å². The summed E-state index contributed by atoms with van der Waals surface area (Å²) in [5, 5.41) is 10.1. The van der Waals surface area contributed by atoms with Gasteiger partial charge in [0, 0.05) is 12.0 Å². The van der Waals surface area contributed by atoms with Crippen LogP contribution in [0.1, 0.15) is 34.1 Å². The van der Waals surface area contributed by atoms with Crippen molar-refractivity contribution in [3.63, 3.8) is 0 Å². The summed E-state index contributed by atoms with van der Waals surface area (Å²) < 4.78 is 11.6. The molecule has 15 heavy (non-hydrogen) atoms. The first kappa shape index (κ1) is 11.3. The fraction of sp³-hybridized carbons (Fsp3) is 1.00. The molecular formula is C11H21NO3. The largest absolute Gasteiger partial charge is 0.390 e. The fourth-order valence-corrected chi connectivity index (χ4v) is 2.71. The first-order chi connectivity index (χ1) is 6.71. The highest BCUT2D eigenvalue weighted by atomic mass is 16.8. The van der Waals surface area contributed by atoms with Gasteiger partial charge in [0.05, 0.1) is 11.7 Å². The van der Waals surface area contributed by atoms with Gasteiger partial charge in [-0.1, -0.05) is 0 Å². The summed E-state index contributed by atoms with van der Waals surface area (Å²) in [5.41, 5.74) is 5.25. The number of fused-ring (bicyclic) bond motifs is 1. The Morgan fingerprint density at radius 3 is 2.33 bits per heavy atom. The van der Waals surface area contributed by atoms with E-state index in [1.165, 1.54) is 0 Å². The van der Waals surface area contributed by atoms with Crippen molar-refractivity contribution in [3.8, 4) is 0 Å². The van der Waals surface area contributed by atoms with Crippen molar-refractivity contribution in [1.82, 2.24) is 0 Å². The van der Waals surface area contributed by atoms with Gasteiger partial charge in [0.2, 0.25) is 0 Å². The molecule has 0 radical (unpaired) electrons. The van der Waals surface area contributed by atoms with Gasteiger partial charge in [-0.25, -0.2) is 0 Å². The van der Waals surface area contributed by atoms with Gasteiger partial charge in [0.1, 0.15) is 6.10 Å². The molecule has 2 aliphatic rings. The molecule has 1 aliphatic heterocycles. The van der Waals surface area contributed by atoms with Gasteiger partial charge < -0.3 is 20.3 Å². The van der Waals surface area contributed by atoms with Crippen LogP contribution >= 0.6 is 0 Å². The third-order valence-corrected chi connectivity index (χ3v) is 3.42. The SMILES string of the molecule is CC1(C)OC2[C@H](N)C[C@H](C(C)(C)O)[C@H]2O1. The first-order valence-electron chi connectivity index (χ1n) is 5.54. The molecule has 0 aromatic rings. The predicted molar refractivity (Wildman–Crippen MR) is 56.2 cm³/mol. The highest BCUT2D eigenvalue weighted by Gasteiger charge is 2.56. The lowest BCUT2D eigenvalue weighted by molar-refractivity contribution is -0.167. The number of ether oxygens (including phenoxy) is 2. The highest BCUT2D eigenvalue weighted by Crippen LogP contribution is 2.44. The molecular weight excluding hydrogens is 194 g/mol. The van der Waals surface area contributed by atoms with Crippen LogP contribution < -0.4 is 5.73 Å². The average molecular weight is 215 g/mol. The normalized spacial score (nSPS) is 44.4. The predicted octanol–water partition coefficient (Wildman–Crippen LogP) is 0.625. The van der Waals surface area contributed by atoms with Gasteiger partial charge in [-0.15, -0.1) is 0 Å². The highest BCUT2D eigenvalue weighted by molar-refractivity contribution is 5.04. The molecule has 2 fully saturated rings. The van der Waals surface area contributed by atoms with E-state index in [1.807, 2.05) is 13.8 Å². The Hall–Kier alpha value is -0.160. The zero-order valence-corrected chi connectivity index (χ0v) is 9.86. The minimum absolute atomic E-state index is 0.0341. The maximum Gasteiger partial charge on any atom is 0.163 e. The van der Waals surface area contributed by atoms with Crippen molar-refractivity contribution >= 4 is 0 Å². The van der Waals surface area contributed by atoms with Crippen LogP contribution in [0.15, 0.2) is 0 Å². The van der Waals surface area contributed by atoms with E-state index in [4.69, 9.17) is 15.2 Å². The van der Waals surface area contributed by atoms with Crippen LogP contribution in [-0.4, -0.2) is 34.7 Å². The van der Waals surface area contributed by atoms with E-state index in [1.54, 1.807) is 13.8 Å². The molecule has 0 bridgehead atoms. The average Bonchev–Trinajstić information content (AvgIpc) is 2.45. The van der Waals surface area contributed by atoms with Crippen molar-refractivity contribution in [3.05, 3.63) is 0 Å². The molecule has 0 aromatic heterocycles. The summed E-state index contributed by atoms with van der Waals surface area (Å²) in [6, 6.07) is -0.0341. The molecule has 1 heterocycles. The molecule has 1 saturated heterocycles. The Morgan fingerprint density at radius 1 is 1.27 bits per heavy atom. The standard InChI is InChI=1S/C11H21NO3/c1-10(2,13)6-5-7(12)9-8(6)14-11(3,4)15-9/h6-9,13H,5,12H2,1-4H3/t6-,7+,8+,9?/m0/s1. The Morgan fingerprint density at radius 2 is 1.80 bits per heavy atom. The molecule has 1 saturated carbocycles. The number of hydrogen-bond donors (Lipinski definition) is 2. The van der Waals surface area contributed by atoms with Crippen molar-refractivity contribution in [2.75, 3.05) is 0 Å². The maximum absolute atomic E-state index is 10.1. The second kappa shape index (κ2) is 3.17. The van der Waals surface area contributed by atoms with Gasteiger partial charge >= 0.3 is 0 Å². The summed E-state index contributed by atoms with van der Waals surface area (Å²) in [7, 11) is 0. The molecule has 4 atom stereocenters. The quantitative estimate of drug-likeness (QED) is 0.673.